The van der Waals surface area contributed by atoms with E-state index in [0.717, 1.165) is 12.1 Å². The Morgan fingerprint density at radius 3 is 2.47 bits per heavy atom. The Hall–Kier alpha value is -1.82. The summed E-state index contributed by atoms with van der Waals surface area (Å²) in [5.74, 6) is -1.93. The highest BCUT2D eigenvalue weighted by atomic mass is 35.5. The van der Waals surface area contributed by atoms with Crippen LogP contribution in [0, 0.1) is 11.7 Å². The van der Waals surface area contributed by atoms with E-state index in [9.17, 15) is 14.0 Å². The van der Waals surface area contributed by atoms with Crippen LogP contribution in [0.15, 0.2) is 18.2 Å². The molecule has 104 valence electrons. The molecule has 1 aromatic carbocycles. The number of aliphatic carboxylic acids is 1. The number of nitrogens with one attached hydrogen (secondary N) is 2. The van der Waals surface area contributed by atoms with Crippen LogP contribution < -0.4 is 10.6 Å². The quantitative estimate of drug-likeness (QED) is 0.797. The van der Waals surface area contributed by atoms with Gasteiger partial charge in [0.2, 0.25) is 0 Å². The van der Waals surface area contributed by atoms with Crippen molar-refractivity contribution in [1.29, 1.82) is 0 Å². The zero-order valence-corrected chi connectivity index (χ0v) is 11.2. The molecular weight excluding hydrogens is 275 g/mol. The first-order valence-electron chi connectivity index (χ1n) is 5.56. The molecule has 0 heterocycles. The number of carbonyl (C=O) groups is 2. The summed E-state index contributed by atoms with van der Waals surface area (Å²) < 4.78 is 12.8. The molecule has 0 aliphatic heterocycles. The van der Waals surface area contributed by atoms with Gasteiger partial charge in [0.1, 0.15) is 11.9 Å². The van der Waals surface area contributed by atoms with E-state index >= 15 is 0 Å². The van der Waals surface area contributed by atoms with Crippen molar-refractivity contribution in [1.82, 2.24) is 5.32 Å². The van der Waals surface area contributed by atoms with Crippen molar-refractivity contribution in [3.8, 4) is 0 Å². The maximum Gasteiger partial charge on any atom is 0.326 e. The Balaban J connectivity index is 2.72. The Kier molecular flexibility index (Phi) is 5.11. The topological polar surface area (TPSA) is 78.4 Å². The summed E-state index contributed by atoms with van der Waals surface area (Å²) in [5, 5.41) is 13.6. The maximum absolute atomic E-state index is 12.8. The van der Waals surface area contributed by atoms with E-state index in [0.29, 0.717) is 0 Å². The van der Waals surface area contributed by atoms with E-state index in [1.807, 2.05) is 0 Å². The minimum absolute atomic E-state index is 0.0339. The maximum atomic E-state index is 12.8. The van der Waals surface area contributed by atoms with Crippen LogP contribution in [0.4, 0.5) is 14.9 Å². The third-order valence-corrected chi connectivity index (χ3v) is 2.71. The fourth-order valence-electron chi connectivity index (χ4n) is 1.40. The summed E-state index contributed by atoms with van der Waals surface area (Å²) >= 11 is 5.74. The van der Waals surface area contributed by atoms with Crippen molar-refractivity contribution in [2.45, 2.75) is 19.9 Å². The second-order valence-electron chi connectivity index (χ2n) is 4.28. The molecule has 0 radical (unpaired) electrons. The first-order chi connectivity index (χ1) is 8.81. The molecule has 19 heavy (non-hydrogen) atoms. The molecule has 1 aromatic rings. The summed E-state index contributed by atoms with van der Waals surface area (Å²) in [7, 11) is 0. The molecule has 0 bridgehead atoms. The van der Waals surface area contributed by atoms with Crippen LogP contribution in [0.1, 0.15) is 13.8 Å². The molecule has 2 amide bonds. The zero-order valence-electron chi connectivity index (χ0n) is 10.4. The van der Waals surface area contributed by atoms with E-state index in [1.165, 1.54) is 6.07 Å². The van der Waals surface area contributed by atoms with Crippen LogP contribution in [-0.4, -0.2) is 23.1 Å². The van der Waals surface area contributed by atoms with Gasteiger partial charge in [-0.25, -0.2) is 14.0 Å². The number of halogens is 2. The highest BCUT2D eigenvalue weighted by molar-refractivity contribution is 6.33. The summed E-state index contributed by atoms with van der Waals surface area (Å²) in [6.07, 6.45) is 0. The fraction of sp³-hybridized carbons (Fsp3) is 0.333. The van der Waals surface area contributed by atoms with Gasteiger partial charge in [0.15, 0.2) is 0 Å². The lowest BCUT2D eigenvalue weighted by Crippen LogP contribution is -2.46. The average molecular weight is 289 g/mol. The van der Waals surface area contributed by atoms with Crippen LogP contribution in [-0.2, 0) is 4.79 Å². The number of carbonyl (C=O) groups excluding carboxylic acids is 1. The van der Waals surface area contributed by atoms with Crippen LogP contribution in [0.5, 0.6) is 0 Å². The van der Waals surface area contributed by atoms with Gasteiger partial charge >= 0.3 is 12.0 Å². The van der Waals surface area contributed by atoms with Crippen molar-refractivity contribution in [2.24, 2.45) is 5.92 Å². The molecular formula is C12H14ClFN2O3. The Bertz CT molecular complexity index is 494. The molecule has 1 unspecified atom stereocenters. The second kappa shape index (κ2) is 6.38. The molecule has 7 heteroatoms. The lowest BCUT2D eigenvalue weighted by molar-refractivity contribution is -0.140. The van der Waals surface area contributed by atoms with Crippen LogP contribution >= 0.6 is 11.6 Å². The monoisotopic (exact) mass is 288 g/mol. The number of carboxylic acids is 1. The molecule has 5 nitrogen and oxygen atoms in total. The van der Waals surface area contributed by atoms with Gasteiger partial charge in [-0.05, 0) is 24.1 Å². The number of rotatable bonds is 4. The van der Waals surface area contributed by atoms with Gasteiger partial charge in [0.25, 0.3) is 0 Å². The first kappa shape index (κ1) is 15.2. The Morgan fingerprint density at radius 2 is 2.00 bits per heavy atom. The molecule has 0 aromatic heterocycles. The number of amides is 2. The molecule has 0 saturated heterocycles. The highest BCUT2D eigenvalue weighted by Crippen LogP contribution is 2.22. The summed E-state index contributed by atoms with van der Waals surface area (Å²) in [6, 6.07) is 1.75. The van der Waals surface area contributed by atoms with E-state index in [-0.39, 0.29) is 16.6 Å². The largest absolute Gasteiger partial charge is 0.480 e. The number of urea groups is 1. The fourth-order valence-corrected chi connectivity index (χ4v) is 1.62. The summed E-state index contributed by atoms with van der Waals surface area (Å²) in [4.78, 5) is 22.6. The molecule has 0 fully saturated rings. The van der Waals surface area contributed by atoms with Gasteiger partial charge in [-0.2, -0.15) is 0 Å². The minimum atomic E-state index is -1.13. The van der Waals surface area contributed by atoms with Gasteiger partial charge in [-0.1, -0.05) is 25.4 Å². The van der Waals surface area contributed by atoms with Gasteiger partial charge in [-0.15, -0.1) is 0 Å². The van der Waals surface area contributed by atoms with Gasteiger partial charge in [-0.3, -0.25) is 0 Å². The van der Waals surface area contributed by atoms with Crippen molar-refractivity contribution in [3.05, 3.63) is 29.0 Å². The van der Waals surface area contributed by atoms with E-state index in [1.54, 1.807) is 13.8 Å². The lowest BCUT2D eigenvalue weighted by Gasteiger charge is -2.18. The SMILES string of the molecule is CC(C)C(NC(=O)Nc1ccc(F)cc1Cl)C(=O)O. The van der Waals surface area contributed by atoms with Crippen molar-refractivity contribution in [2.75, 3.05) is 5.32 Å². The van der Waals surface area contributed by atoms with E-state index < -0.39 is 23.9 Å². The van der Waals surface area contributed by atoms with E-state index in [2.05, 4.69) is 10.6 Å². The number of carboxylic acid groups (broad SMARTS) is 1. The molecule has 0 spiro atoms. The van der Waals surface area contributed by atoms with Gasteiger partial charge < -0.3 is 15.7 Å². The number of hydrogen-bond donors (Lipinski definition) is 3. The molecule has 0 aliphatic rings. The average Bonchev–Trinajstić information content (AvgIpc) is 2.29. The summed E-state index contributed by atoms with van der Waals surface area (Å²) in [6.45, 7) is 3.34. The van der Waals surface area contributed by atoms with Crippen molar-refractivity contribution in [3.63, 3.8) is 0 Å². The second-order valence-corrected chi connectivity index (χ2v) is 4.69. The molecule has 1 atom stereocenters. The van der Waals surface area contributed by atoms with Crippen molar-refractivity contribution < 1.29 is 19.1 Å². The third kappa shape index (κ3) is 4.40. The normalized spacial score (nSPS) is 12.1. The lowest BCUT2D eigenvalue weighted by atomic mass is 10.1. The third-order valence-electron chi connectivity index (χ3n) is 2.40. The number of benzene rings is 1. The van der Waals surface area contributed by atoms with Gasteiger partial charge in [0.05, 0.1) is 10.7 Å². The predicted molar refractivity (Wildman–Crippen MR) is 69.8 cm³/mol. The number of hydrogen-bond acceptors (Lipinski definition) is 2. The molecule has 3 N–H and O–H groups in total. The van der Waals surface area contributed by atoms with Crippen LogP contribution in [0.2, 0.25) is 5.02 Å². The minimum Gasteiger partial charge on any atom is -0.480 e. The van der Waals surface area contributed by atoms with E-state index in [4.69, 9.17) is 16.7 Å². The molecule has 0 aliphatic carbocycles. The smallest absolute Gasteiger partial charge is 0.326 e. The number of anilines is 1. The standard InChI is InChI=1S/C12H14ClFN2O3/c1-6(2)10(11(17)18)16-12(19)15-9-4-3-7(14)5-8(9)13/h3-6,10H,1-2H3,(H,17,18)(H2,15,16,19). The molecule has 1 rings (SSSR count). The zero-order chi connectivity index (χ0) is 14.6. The highest BCUT2D eigenvalue weighted by Gasteiger charge is 2.23. The summed E-state index contributed by atoms with van der Waals surface area (Å²) in [5.41, 5.74) is 0.202. The Morgan fingerprint density at radius 1 is 1.37 bits per heavy atom. The van der Waals surface area contributed by atoms with Crippen molar-refractivity contribution >= 4 is 29.3 Å². The first-order valence-corrected chi connectivity index (χ1v) is 5.94. The molecule has 0 saturated carbocycles. The van der Waals surface area contributed by atoms with Gasteiger partial charge in [0, 0.05) is 0 Å². The Labute approximate surface area is 114 Å². The van der Waals surface area contributed by atoms with Crippen LogP contribution in [0.3, 0.4) is 0 Å². The van der Waals surface area contributed by atoms with Crippen LogP contribution in [0.25, 0.3) is 0 Å². The predicted octanol–water partition coefficient (Wildman–Crippen LogP) is 2.71.